The number of imidazole rings is 1. The third kappa shape index (κ3) is 8.51. The van der Waals surface area contributed by atoms with Crippen molar-refractivity contribution in [2.45, 2.75) is 44.7 Å². The van der Waals surface area contributed by atoms with Crippen LogP contribution in [0.25, 0.3) is 5.65 Å². The van der Waals surface area contributed by atoms with Crippen molar-refractivity contribution in [2.75, 3.05) is 6.54 Å². The number of amides is 2. The quantitative estimate of drug-likeness (QED) is 0.157. The molecule has 2 rings (SSSR count). The Hall–Kier alpha value is -3.70. The number of hydrogen-bond donors (Lipinski definition) is 4. The van der Waals surface area contributed by atoms with Gasteiger partial charge in [-0.1, -0.05) is 0 Å². The lowest BCUT2D eigenvalue weighted by Crippen LogP contribution is -2.44. The van der Waals surface area contributed by atoms with E-state index in [4.69, 9.17) is 11.6 Å². The summed E-state index contributed by atoms with van der Waals surface area (Å²) in [5.74, 6) is 2.74. The Bertz CT molecular complexity index is 1110. The van der Waals surface area contributed by atoms with E-state index < -0.39 is 67.9 Å². The third-order valence-corrected chi connectivity index (χ3v) is 4.37. The number of carbonyl (C=O) groups is 2. The van der Waals surface area contributed by atoms with Gasteiger partial charge in [0.05, 0.1) is 37.6 Å². The highest BCUT2D eigenvalue weighted by atomic mass is 19.4. The number of carbonyl (C=O) groups excluding carboxylic acids is 2. The molecule has 0 fully saturated rings. The lowest BCUT2D eigenvalue weighted by atomic mass is 10.2. The lowest BCUT2D eigenvalue weighted by molar-refractivity contribution is -0.144. The molecule has 36 heavy (non-hydrogen) atoms. The van der Waals surface area contributed by atoms with Crippen LogP contribution in [0.4, 0.5) is 35.1 Å². The minimum atomic E-state index is -5.30. The van der Waals surface area contributed by atoms with E-state index in [1.165, 1.54) is 23.0 Å². The van der Waals surface area contributed by atoms with Crippen LogP contribution in [0.15, 0.2) is 29.9 Å². The molecule has 200 valence electrons. The number of fused-ring (bicyclic) bond motifs is 1. The van der Waals surface area contributed by atoms with E-state index >= 15 is 0 Å². The minimum Gasteiger partial charge on any atom is -0.393 e. The van der Waals surface area contributed by atoms with E-state index in [0.717, 1.165) is 0 Å². The molecule has 10 nitrogen and oxygen atoms in total. The van der Waals surface area contributed by atoms with Crippen LogP contribution in [-0.4, -0.2) is 56.7 Å². The Labute approximate surface area is 197 Å². The second-order valence-corrected chi connectivity index (χ2v) is 7.28. The second kappa shape index (κ2) is 11.4. The van der Waals surface area contributed by atoms with Gasteiger partial charge in [0.25, 0.3) is 12.3 Å². The van der Waals surface area contributed by atoms with Gasteiger partial charge >= 0.3 is 12.4 Å². The zero-order chi connectivity index (χ0) is 27.3. The Kier molecular flexibility index (Phi) is 9.00. The number of alkyl halides is 8. The van der Waals surface area contributed by atoms with E-state index in [9.17, 15) is 44.7 Å². The highest BCUT2D eigenvalue weighted by Crippen LogP contribution is 2.29. The highest BCUT2D eigenvalue weighted by Gasteiger charge is 2.41. The van der Waals surface area contributed by atoms with Crippen molar-refractivity contribution in [1.82, 2.24) is 30.2 Å². The summed E-state index contributed by atoms with van der Waals surface area (Å²) in [7, 11) is 0. The van der Waals surface area contributed by atoms with E-state index in [0.29, 0.717) is 5.56 Å². The van der Waals surface area contributed by atoms with Crippen LogP contribution >= 0.6 is 0 Å². The van der Waals surface area contributed by atoms with Gasteiger partial charge in [-0.3, -0.25) is 14.6 Å². The maximum absolute atomic E-state index is 13.2. The predicted octanol–water partition coefficient (Wildman–Crippen LogP) is 1.48. The zero-order valence-corrected chi connectivity index (χ0v) is 18.1. The van der Waals surface area contributed by atoms with Gasteiger partial charge in [0, 0.05) is 13.0 Å². The highest BCUT2D eigenvalue weighted by molar-refractivity contribution is 5.93. The predicted molar refractivity (Wildman–Crippen MR) is 106 cm³/mol. The summed E-state index contributed by atoms with van der Waals surface area (Å²) in [6, 6.07) is 1.43. The molecule has 0 aromatic carbocycles. The Morgan fingerprint density at radius 2 is 1.78 bits per heavy atom. The number of allylic oxidation sites excluding steroid dienone is 1. The summed E-state index contributed by atoms with van der Waals surface area (Å²) in [5, 5.41) is 7.96. The first kappa shape index (κ1) is 28.5. The minimum absolute atomic E-state index is 0.112. The fraction of sp³-hybridized carbons (Fsp3) is 0.444. The largest absolute Gasteiger partial charge is 0.434 e. The molecule has 0 bridgehead atoms. The first-order chi connectivity index (χ1) is 16.6. The molecular weight excluding hydrogens is 512 g/mol. The van der Waals surface area contributed by atoms with Crippen molar-refractivity contribution in [1.29, 1.82) is 0 Å². The van der Waals surface area contributed by atoms with Gasteiger partial charge < -0.3 is 16.4 Å². The van der Waals surface area contributed by atoms with Gasteiger partial charge in [0.15, 0.2) is 11.3 Å². The molecule has 0 aliphatic heterocycles. The van der Waals surface area contributed by atoms with Crippen LogP contribution in [0.3, 0.4) is 0 Å². The number of aromatic nitrogens is 3. The molecule has 0 spiro atoms. The lowest BCUT2D eigenvalue weighted by Gasteiger charge is -2.24. The third-order valence-electron chi connectivity index (χ3n) is 4.37. The van der Waals surface area contributed by atoms with Gasteiger partial charge in [-0.15, -0.1) is 0 Å². The SMILES string of the molecule is N/C(C(=O)NCc1cn2ncc(CNC(=O)CCC(F)(F)F)cc2n1)=C(\N(N)CC(F)F)C(F)(F)F. The molecule has 0 radical (unpaired) electrons. The number of nitrogens with zero attached hydrogens (tertiary/aromatic N) is 4. The molecule has 2 heterocycles. The topological polar surface area (TPSA) is 144 Å². The average molecular weight is 532 g/mol. The van der Waals surface area contributed by atoms with Crippen molar-refractivity contribution in [3.63, 3.8) is 0 Å². The molecule has 0 aliphatic rings. The van der Waals surface area contributed by atoms with E-state index in [-0.39, 0.29) is 22.9 Å². The van der Waals surface area contributed by atoms with Crippen molar-refractivity contribution >= 4 is 17.5 Å². The van der Waals surface area contributed by atoms with Crippen molar-refractivity contribution in [2.24, 2.45) is 11.6 Å². The Morgan fingerprint density at radius 3 is 2.36 bits per heavy atom. The maximum atomic E-state index is 13.2. The van der Waals surface area contributed by atoms with Crippen LogP contribution in [0.1, 0.15) is 24.1 Å². The number of nitrogens with two attached hydrogens (primary N) is 2. The summed E-state index contributed by atoms with van der Waals surface area (Å²) in [6.07, 6.45) is -12.4. The molecule has 18 heteroatoms. The van der Waals surface area contributed by atoms with Crippen molar-refractivity contribution < 1.29 is 44.7 Å². The summed E-state index contributed by atoms with van der Waals surface area (Å²) < 4.78 is 102. The number of halogens is 8. The van der Waals surface area contributed by atoms with Crippen molar-refractivity contribution in [3.05, 3.63) is 41.1 Å². The fourth-order valence-electron chi connectivity index (χ4n) is 2.77. The smallest absolute Gasteiger partial charge is 0.393 e. The zero-order valence-electron chi connectivity index (χ0n) is 18.1. The molecular formula is C18H20F8N8O2. The van der Waals surface area contributed by atoms with Gasteiger partial charge in [-0.2, -0.15) is 31.4 Å². The van der Waals surface area contributed by atoms with Crippen LogP contribution < -0.4 is 22.2 Å². The Morgan fingerprint density at radius 1 is 1.11 bits per heavy atom. The van der Waals surface area contributed by atoms with E-state index in [1.807, 2.05) is 0 Å². The number of hydrazine groups is 1. The molecule has 2 amide bonds. The van der Waals surface area contributed by atoms with Gasteiger partial charge in [-0.05, 0) is 11.6 Å². The summed E-state index contributed by atoms with van der Waals surface area (Å²) >= 11 is 0. The molecule has 0 saturated carbocycles. The van der Waals surface area contributed by atoms with Crippen LogP contribution in [0, 0.1) is 0 Å². The molecule has 2 aromatic heterocycles. The first-order valence-corrected chi connectivity index (χ1v) is 9.89. The summed E-state index contributed by atoms with van der Waals surface area (Å²) in [5.41, 5.74) is 2.53. The van der Waals surface area contributed by atoms with Crippen LogP contribution in [-0.2, 0) is 22.7 Å². The second-order valence-electron chi connectivity index (χ2n) is 7.28. The molecule has 0 unspecified atom stereocenters. The maximum Gasteiger partial charge on any atom is 0.434 e. The monoisotopic (exact) mass is 532 g/mol. The van der Waals surface area contributed by atoms with Gasteiger partial charge in [0.1, 0.15) is 5.70 Å². The number of rotatable bonds is 10. The first-order valence-electron chi connectivity index (χ1n) is 9.89. The molecule has 6 N–H and O–H groups in total. The number of hydrogen-bond acceptors (Lipinski definition) is 7. The van der Waals surface area contributed by atoms with Crippen LogP contribution in [0.5, 0.6) is 0 Å². The van der Waals surface area contributed by atoms with Crippen molar-refractivity contribution in [3.8, 4) is 0 Å². The summed E-state index contributed by atoms with van der Waals surface area (Å²) in [6.45, 7) is -2.10. The summed E-state index contributed by atoms with van der Waals surface area (Å²) in [4.78, 5) is 27.7. The van der Waals surface area contributed by atoms with Gasteiger partial charge in [-0.25, -0.2) is 24.1 Å². The standard InChI is InChI=1S/C18H20F8N8O2/c19-11(20)8-33(28)15(18(24,25)26)14(27)16(36)30-6-10-7-34-12(32-10)3-9(5-31-34)4-29-13(35)1-2-17(21,22)23/h3,5,7,11H,1-2,4,6,8,27-28H2,(H,29,35)(H,30,36)/b15-14-. The van der Waals surface area contributed by atoms with E-state index in [1.54, 1.807) is 0 Å². The van der Waals surface area contributed by atoms with E-state index in [2.05, 4.69) is 20.7 Å². The fourth-order valence-corrected chi connectivity index (χ4v) is 2.77. The number of nitrogens with one attached hydrogen (secondary N) is 2. The Balaban J connectivity index is 2.05. The molecule has 0 atom stereocenters. The molecule has 0 saturated heterocycles. The molecule has 2 aromatic rings. The van der Waals surface area contributed by atoms with Gasteiger partial charge in [0.2, 0.25) is 5.91 Å². The van der Waals surface area contributed by atoms with Crippen LogP contribution in [0.2, 0.25) is 0 Å². The normalized spacial score (nSPS) is 13.1. The molecule has 0 aliphatic carbocycles. The average Bonchev–Trinajstić information content (AvgIpc) is 3.14.